The molecule has 0 bridgehead atoms. The summed E-state index contributed by atoms with van der Waals surface area (Å²) in [5.41, 5.74) is 6.27. The van der Waals surface area contributed by atoms with Crippen LogP contribution in [0.2, 0.25) is 0 Å². The summed E-state index contributed by atoms with van der Waals surface area (Å²) in [7, 11) is 0. The smallest absolute Gasteiger partial charge is 0.338 e. The Morgan fingerprint density at radius 2 is 0.647 bits per heavy atom. The maximum absolute atomic E-state index is 14.7. The molecule has 0 spiro atoms. The Bertz CT molecular complexity index is 3260. The molecule has 12 heteroatoms. The van der Waals surface area contributed by atoms with Gasteiger partial charge in [0, 0.05) is 0 Å². The molecule has 0 saturated carbocycles. The van der Waals surface area contributed by atoms with Gasteiger partial charge >= 0.3 is 5.97 Å². The van der Waals surface area contributed by atoms with Crippen molar-refractivity contribution in [3.05, 3.63) is 323 Å². The molecule has 0 aliphatic carbocycles. The van der Waals surface area contributed by atoms with E-state index in [0.29, 0.717) is 5.56 Å². The Labute approximate surface area is 497 Å². The van der Waals surface area contributed by atoms with E-state index in [1.54, 1.807) is 24.3 Å². The van der Waals surface area contributed by atoms with E-state index in [4.69, 9.17) is 47.4 Å². The lowest BCUT2D eigenvalue weighted by molar-refractivity contribution is -0.344. The molecule has 2 heterocycles. The fourth-order valence-corrected chi connectivity index (χ4v) is 11.0. The Morgan fingerprint density at radius 3 is 1.02 bits per heavy atom. The lowest BCUT2D eigenvalue weighted by atomic mass is 9.80. The Balaban J connectivity index is 0.994. The second-order valence-electron chi connectivity index (χ2n) is 21.1. The molecular formula is C73H70O12. The summed E-state index contributed by atoms with van der Waals surface area (Å²) in [4.78, 5) is 14.7. The first-order valence-electron chi connectivity index (χ1n) is 28.9. The second kappa shape index (κ2) is 29.7. The first kappa shape index (κ1) is 58.8. The van der Waals surface area contributed by atoms with Crippen LogP contribution in [0.4, 0.5) is 0 Å². The monoisotopic (exact) mass is 1140 g/mol. The van der Waals surface area contributed by atoms with Crippen molar-refractivity contribution in [2.24, 2.45) is 0 Å². The summed E-state index contributed by atoms with van der Waals surface area (Å²) < 4.78 is 69.8. The van der Waals surface area contributed by atoms with Crippen molar-refractivity contribution >= 4 is 5.97 Å². The average Bonchev–Trinajstić information content (AvgIpc) is 1.92. The van der Waals surface area contributed by atoms with Crippen LogP contribution in [0.25, 0.3) is 0 Å². The lowest BCUT2D eigenvalue weighted by Gasteiger charge is -2.47. The van der Waals surface area contributed by atoms with E-state index in [0.717, 1.165) is 44.5 Å². The van der Waals surface area contributed by atoms with Gasteiger partial charge in [-0.3, -0.25) is 0 Å². The predicted octanol–water partition coefficient (Wildman–Crippen LogP) is 12.6. The largest absolute Gasteiger partial charge is 0.450 e. The summed E-state index contributed by atoms with van der Waals surface area (Å²) in [6.45, 7) is 0.416. The van der Waals surface area contributed by atoms with Gasteiger partial charge in [-0.2, -0.15) is 0 Å². The van der Waals surface area contributed by atoms with Gasteiger partial charge in [-0.1, -0.05) is 261 Å². The molecule has 2 saturated heterocycles. The van der Waals surface area contributed by atoms with Crippen LogP contribution in [-0.4, -0.2) is 85.7 Å². The fraction of sp³-hybridized carbons (Fsp3) is 0.247. The summed E-state index contributed by atoms with van der Waals surface area (Å²) in [6, 6.07) is 88.0. The molecule has 2 fully saturated rings. The number of esters is 1. The number of rotatable bonds is 26. The molecule has 0 aromatic heterocycles. The minimum atomic E-state index is -1.51. The van der Waals surface area contributed by atoms with Gasteiger partial charge in [0.1, 0.15) is 48.3 Å². The fourth-order valence-electron chi connectivity index (χ4n) is 11.0. The SMILES string of the molecule is O=C(O[C@@H]1[C@@H](OC[C@H]2O[C@H](O)[C@H](OCc3ccccc3)[C@@H](OCc3ccccc3)[C@@H]2OCc2ccccc2)O[C@H](COC(c2ccccc2)(c2ccccc2)c2ccccc2)[C@@H](OCc2ccccc2)[C@@H]1OCc1ccccc1)c1ccccc1. The molecule has 0 unspecified atom stereocenters. The molecule has 9 aromatic rings. The maximum atomic E-state index is 14.7. The van der Waals surface area contributed by atoms with E-state index in [2.05, 4.69) is 36.4 Å². The van der Waals surface area contributed by atoms with Crippen LogP contribution >= 0.6 is 0 Å². The van der Waals surface area contributed by atoms with Crippen LogP contribution < -0.4 is 0 Å². The maximum Gasteiger partial charge on any atom is 0.338 e. The highest BCUT2D eigenvalue weighted by molar-refractivity contribution is 5.89. The molecule has 10 atom stereocenters. The number of ether oxygens (including phenoxy) is 10. The molecule has 2 aliphatic rings. The number of hydrogen-bond acceptors (Lipinski definition) is 12. The highest BCUT2D eigenvalue weighted by Crippen LogP contribution is 2.42. The van der Waals surface area contributed by atoms with Crippen molar-refractivity contribution in [2.45, 2.75) is 100 Å². The topological polar surface area (TPSA) is 130 Å². The molecular weight excluding hydrogens is 1070 g/mol. The zero-order valence-corrected chi connectivity index (χ0v) is 47.1. The van der Waals surface area contributed by atoms with E-state index in [-0.39, 0.29) is 46.2 Å². The van der Waals surface area contributed by atoms with Gasteiger partial charge < -0.3 is 52.5 Å². The van der Waals surface area contributed by atoms with Gasteiger partial charge in [-0.25, -0.2) is 4.79 Å². The summed E-state index contributed by atoms with van der Waals surface area (Å²) in [6.07, 6.45) is -10.9. The third-order valence-electron chi connectivity index (χ3n) is 15.3. The molecule has 434 valence electrons. The van der Waals surface area contributed by atoms with Crippen molar-refractivity contribution < 1.29 is 57.3 Å². The van der Waals surface area contributed by atoms with Gasteiger partial charge in [0.25, 0.3) is 0 Å². The van der Waals surface area contributed by atoms with Crippen molar-refractivity contribution in [1.29, 1.82) is 0 Å². The van der Waals surface area contributed by atoms with E-state index in [1.807, 2.05) is 212 Å². The normalized spacial score (nSPS) is 22.3. The molecule has 0 amide bonds. The third kappa shape index (κ3) is 15.1. The molecule has 2 aliphatic heterocycles. The van der Waals surface area contributed by atoms with Crippen LogP contribution in [0, 0.1) is 0 Å². The number of hydrogen-bond donors (Lipinski definition) is 1. The van der Waals surface area contributed by atoms with Crippen LogP contribution in [0.3, 0.4) is 0 Å². The minimum absolute atomic E-state index is 0.0835. The van der Waals surface area contributed by atoms with Gasteiger partial charge in [-0.15, -0.1) is 0 Å². The van der Waals surface area contributed by atoms with Crippen LogP contribution in [0.5, 0.6) is 0 Å². The summed E-state index contributed by atoms with van der Waals surface area (Å²) in [5.74, 6) is -0.634. The first-order chi connectivity index (χ1) is 42.0. The first-order valence-corrected chi connectivity index (χ1v) is 28.9. The van der Waals surface area contributed by atoms with Crippen molar-refractivity contribution in [2.75, 3.05) is 13.2 Å². The number of aliphatic hydroxyl groups excluding tert-OH is 1. The van der Waals surface area contributed by atoms with Gasteiger partial charge in [0.2, 0.25) is 0 Å². The number of benzene rings is 9. The van der Waals surface area contributed by atoms with Crippen molar-refractivity contribution in [3.8, 4) is 0 Å². The predicted molar refractivity (Wildman–Crippen MR) is 321 cm³/mol. The van der Waals surface area contributed by atoms with Gasteiger partial charge in [0.05, 0.1) is 51.8 Å². The third-order valence-corrected chi connectivity index (χ3v) is 15.3. The zero-order chi connectivity index (χ0) is 57.9. The van der Waals surface area contributed by atoms with Crippen LogP contribution in [0.15, 0.2) is 273 Å². The molecule has 1 N–H and O–H groups in total. The lowest BCUT2D eigenvalue weighted by Crippen LogP contribution is -2.64. The Kier molecular flexibility index (Phi) is 20.6. The number of carbonyl (C=O) groups excluding carboxylic acids is 1. The standard InChI is InChI=1S/C73H70O12/c74-70(58-38-20-6-21-39-58)85-69-67(79-49-56-34-16-4-17-35-56)65(77-47-54-30-12-2-13-31-54)63(52-82-73(59-40-22-7-23-41-59,60-42-24-8-25-43-60)61-44-26-9-27-45-61)84-72(69)81-51-62-64(76-46-53-28-10-1-11-29-53)66(78-48-55-32-14-3-15-33-55)68(71(75)83-62)80-50-57-36-18-5-19-37-57/h1-45,62-69,71-72,75H,46-52H2/t62-,63-,64-,65-,66+,67+,68-,69+,71+,72+/m1/s1. The summed E-state index contributed by atoms with van der Waals surface area (Å²) in [5, 5.41) is 12.2. The average molecular weight is 1140 g/mol. The van der Waals surface area contributed by atoms with E-state index in [9.17, 15) is 9.90 Å². The molecule has 11 rings (SSSR count). The van der Waals surface area contributed by atoms with E-state index in [1.165, 1.54) is 0 Å². The Morgan fingerprint density at radius 1 is 0.341 bits per heavy atom. The number of carbonyl (C=O) groups is 1. The van der Waals surface area contributed by atoms with Crippen LogP contribution in [0.1, 0.15) is 54.9 Å². The highest BCUT2D eigenvalue weighted by atomic mass is 16.7. The highest BCUT2D eigenvalue weighted by Gasteiger charge is 2.54. The Hall–Kier alpha value is -7.95. The van der Waals surface area contributed by atoms with Gasteiger partial charge in [0.15, 0.2) is 18.7 Å². The minimum Gasteiger partial charge on any atom is -0.450 e. The molecule has 85 heavy (non-hydrogen) atoms. The quantitative estimate of drug-likeness (QED) is 0.0409. The zero-order valence-electron chi connectivity index (χ0n) is 47.1. The molecule has 12 nitrogen and oxygen atoms in total. The van der Waals surface area contributed by atoms with Crippen molar-refractivity contribution in [3.63, 3.8) is 0 Å². The van der Waals surface area contributed by atoms with Crippen LogP contribution in [-0.2, 0) is 86.0 Å². The molecule has 9 aromatic carbocycles. The van der Waals surface area contributed by atoms with Gasteiger partial charge in [-0.05, 0) is 56.6 Å². The van der Waals surface area contributed by atoms with E-state index >= 15 is 0 Å². The number of aliphatic hydroxyl groups is 1. The molecule has 0 radical (unpaired) electrons. The second-order valence-corrected chi connectivity index (χ2v) is 21.1. The van der Waals surface area contributed by atoms with Crippen molar-refractivity contribution in [1.82, 2.24) is 0 Å². The van der Waals surface area contributed by atoms with E-state index < -0.39 is 73.0 Å². The summed E-state index contributed by atoms with van der Waals surface area (Å²) >= 11 is 0.